The van der Waals surface area contributed by atoms with E-state index in [0.29, 0.717) is 31.7 Å². The highest BCUT2D eigenvalue weighted by Gasteiger charge is 2.44. The number of rotatable bonds is 7. The second-order valence-corrected chi connectivity index (χ2v) is 13.2. The van der Waals surface area contributed by atoms with Crippen molar-refractivity contribution in [2.45, 2.75) is 62.1 Å². The van der Waals surface area contributed by atoms with E-state index in [1.807, 2.05) is 44.4 Å². The highest BCUT2D eigenvalue weighted by atomic mass is 33.1. The maximum atomic E-state index is 14.0. The summed E-state index contributed by atoms with van der Waals surface area (Å²) >= 11 is 1.53. The molecule has 34 heavy (non-hydrogen) atoms. The molecule has 0 aliphatic carbocycles. The number of amides is 2. The zero-order valence-corrected chi connectivity index (χ0v) is 22.2. The highest BCUT2D eigenvalue weighted by molar-refractivity contribution is 8.77. The lowest BCUT2D eigenvalue weighted by Crippen LogP contribution is -2.63. The predicted octanol–water partition coefficient (Wildman–Crippen LogP) is 1.72. The van der Waals surface area contributed by atoms with Crippen LogP contribution in [-0.2, 0) is 27.3 Å². The van der Waals surface area contributed by atoms with Gasteiger partial charge in [0.15, 0.2) is 0 Å². The molecule has 1 fully saturated rings. The first-order chi connectivity index (χ1) is 16.1. The Morgan fingerprint density at radius 2 is 2.03 bits per heavy atom. The molecule has 1 aromatic carbocycles. The van der Waals surface area contributed by atoms with Gasteiger partial charge in [-0.3, -0.25) is 9.59 Å². The molecule has 3 rings (SSSR count). The number of fused-ring (bicyclic) bond motifs is 1. The molecule has 5 N–H and O–H groups in total. The molecule has 4 atom stereocenters. The van der Waals surface area contributed by atoms with Crippen molar-refractivity contribution in [1.82, 2.24) is 15.5 Å². The molecule has 1 aromatic rings. The Balaban J connectivity index is 1.89. The molecule has 11 heteroatoms. The van der Waals surface area contributed by atoms with Crippen LogP contribution < -0.4 is 16.4 Å². The Labute approximate surface area is 213 Å². The van der Waals surface area contributed by atoms with Crippen LogP contribution in [0.3, 0.4) is 0 Å². The van der Waals surface area contributed by atoms with Crippen LogP contribution in [0.25, 0.3) is 0 Å². The summed E-state index contributed by atoms with van der Waals surface area (Å²) in [6.45, 7) is 4.85. The fourth-order valence-corrected chi connectivity index (χ4v) is 7.54. The molecule has 0 bridgehead atoms. The first-order valence-electron chi connectivity index (χ1n) is 11.3. The van der Waals surface area contributed by atoms with Crippen LogP contribution in [0.4, 0.5) is 0 Å². The molecule has 2 heterocycles. The average molecular weight is 527 g/mol. The Kier molecular flexibility index (Phi) is 9.62. The van der Waals surface area contributed by atoms with Gasteiger partial charge in [-0.25, -0.2) is 4.79 Å². The molecule has 8 nitrogen and oxygen atoms in total. The van der Waals surface area contributed by atoms with E-state index in [1.54, 1.807) is 26.5 Å². The van der Waals surface area contributed by atoms with Crippen LogP contribution in [0, 0.1) is 0 Å². The van der Waals surface area contributed by atoms with Gasteiger partial charge in [-0.15, -0.1) is 0 Å². The third-order valence-corrected chi connectivity index (χ3v) is 10.2. The zero-order chi connectivity index (χ0) is 24.9. The van der Waals surface area contributed by atoms with E-state index in [1.165, 1.54) is 11.8 Å². The number of carbonyl (C=O) groups excluding carboxylic acids is 2. The van der Waals surface area contributed by atoms with E-state index in [2.05, 4.69) is 10.6 Å². The lowest BCUT2D eigenvalue weighted by Gasteiger charge is -2.42. The summed E-state index contributed by atoms with van der Waals surface area (Å²) in [5.41, 5.74) is 8.15. The van der Waals surface area contributed by atoms with E-state index in [4.69, 9.17) is 5.73 Å². The Hall–Kier alpha value is -1.40. The highest BCUT2D eigenvalue weighted by Crippen LogP contribution is 2.40. The largest absolute Gasteiger partial charge is 0.480 e. The van der Waals surface area contributed by atoms with Crippen LogP contribution in [0.2, 0.25) is 0 Å². The van der Waals surface area contributed by atoms with E-state index < -0.39 is 34.7 Å². The standard InChI is InChI=1S/C23H34N4O4S3/c1-23(2)19(25-11-16(24)13-33-34-23)21(29)27-12-15-7-5-4-6-14(15)10-18(27)20(28)26-17(22(30)31)8-9-32-3/h4-7,16-19,25H,8-13,24H2,1-3H3,(H,26,28)(H,30,31). The van der Waals surface area contributed by atoms with Crippen molar-refractivity contribution in [3.8, 4) is 0 Å². The van der Waals surface area contributed by atoms with Gasteiger partial charge in [-0.05, 0) is 43.4 Å². The predicted molar refractivity (Wildman–Crippen MR) is 141 cm³/mol. The molecule has 2 amide bonds. The summed E-state index contributed by atoms with van der Waals surface area (Å²) in [6.07, 6.45) is 2.56. The zero-order valence-electron chi connectivity index (χ0n) is 19.8. The van der Waals surface area contributed by atoms with Gasteiger partial charge in [0.2, 0.25) is 11.8 Å². The summed E-state index contributed by atoms with van der Waals surface area (Å²) < 4.78 is -0.429. The monoisotopic (exact) mass is 526 g/mol. The molecule has 0 saturated carbocycles. The van der Waals surface area contributed by atoms with Crippen molar-refractivity contribution in [2.24, 2.45) is 5.73 Å². The molecule has 2 aliphatic heterocycles. The van der Waals surface area contributed by atoms with Gasteiger partial charge in [-0.1, -0.05) is 45.9 Å². The third-order valence-electron chi connectivity index (χ3n) is 6.14. The Morgan fingerprint density at radius 1 is 1.32 bits per heavy atom. The number of aliphatic carboxylic acids is 1. The van der Waals surface area contributed by atoms with Crippen LogP contribution in [0.1, 0.15) is 31.4 Å². The number of thioether (sulfide) groups is 1. The Bertz CT molecular complexity index is 901. The lowest BCUT2D eigenvalue weighted by atomic mass is 9.91. The van der Waals surface area contributed by atoms with Gasteiger partial charge in [0.25, 0.3) is 0 Å². The van der Waals surface area contributed by atoms with E-state index in [0.717, 1.165) is 16.9 Å². The molecule has 0 spiro atoms. The van der Waals surface area contributed by atoms with Crippen LogP contribution in [-0.4, -0.2) is 81.0 Å². The summed E-state index contributed by atoms with van der Waals surface area (Å²) in [5, 5.41) is 15.6. The molecule has 1 saturated heterocycles. The van der Waals surface area contributed by atoms with E-state index in [-0.39, 0.29) is 11.9 Å². The number of benzene rings is 1. The normalized spacial score (nSPS) is 25.4. The molecule has 4 unspecified atom stereocenters. The van der Waals surface area contributed by atoms with Gasteiger partial charge >= 0.3 is 5.97 Å². The molecule has 188 valence electrons. The molecular weight excluding hydrogens is 492 g/mol. The van der Waals surface area contributed by atoms with Gasteiger partial charge in [0.05, 0.1) is 0 Å². The topological polar surface area (TPSA) is 125 Å². The van der Waals surface area contributed by atoms with E-state index in [9.17, 15) is 19.5 Å². The Morgan fingerprint density at radius 3 is 2.71 bits per heavy atom. The summed E-state index contributed by atoms with van der Waals surface area (Å²) in [5.74, 6) is -0.266. The quantitative estimate of drug-likeness (QED) is 0.393. The van der Waals surface area contributed by atoms with Gasteiger partial charge in [0, 0.05) is 36.1 Å². The second kappa shape index (κ2) is 12.0. The number of carboxylic acids is 1. The van der Waals surface area contributed by atoms with Crippen molar-refractivity contribution in [3.05, 3.63) is 35.4 Å². The second-order valence-electron chi connectivity index (χ2n) is 9.21. The number of hydrogen-bond donors (Lipinski definition) is 4. The molecule has 0 aromatic heterocycles. The van der Waals surface area contributed by atoms with Gasteiger partial charge in [-0.2, -0.15) is 11.8 Å². The van der Waals surface area contributed by atoms with Gasteiger partial charge < -0.3 is 26.4 Å². The minimum Gasteiger partial charge on any atom is -0.480 e. The lowest BCUT2D eigenvalue weighted by molar-refractivity contribution is -0.146. The molecule has 2 aliphatic rings. The van der Waals surface area contributed by atoms with Crippen LogP contribution in [0.5, 0.6) is 0 Å². The van der Waals surface area contributed by atoms with Crippen LogP contribution in [0.15, 0.2) is 24.3 Å². The number of carbonyl (C=O) groups is 3. The van der Waals surface area contributed by atoms with Crippen molar-refractivity contribution in [3.63, 3.8) is 0 Å². The maximum absolute atomic E-state index is 14.0. The summed E-state index contributed by atoms with van der Waals surface area (Å²) in [6, 6.07) is 5.39. The maximum Gasteiger partial charge on any atom is 0.326 e. The SMILES string of the molecule is CSCCC(NC(=O)C1Cc2ccccc2CN1C(=O)C1NCC(N)CSSC1(C)C)C(=O)O. The van der Waals surface area contributed by atoms with Crippen molar-refractivity contribution in [2.75, 3.05) is 24.3 Å². The number of hydrogen-bond acceptors (Lipinski definition) is 8. The molecular formula is C23H34N4O4S3. The number of carboxylic acid groups (broad SMARTS) is 1. The fraction of sp³-hybridized carbons (Fsp3) is 0.609. The number of nitrogens with one attached hydrogen (secondary N) is 2. The summed E-state index contributed by atoms with van der Waals surface area (Å²) in [7, 11) is 3.28. The fourth-order valence-electron chi connectivity index (χ4n) is 4.20. The summed E-state index contributed by atoms with van der Waals surface area (Å²) in [4.78, 5) is 40.7. The minimum absolute atomic E-state index is 0.0714. The smallest absolute Gasteiger partial charge is 0.326 e. The number of nitrogens with two attached hydrogens (primary N) is 1. The molecule has 0 radical (unpaired) electrons. The minimum atomic E-state index is -1.07. The first-order valence-corrected chi connectivity index (χ1v) is 15.0. The van der Waals surface area contributed by atoms with E-state index >= 15 is 0 Å². The van der Waals surface area contributed by atoms with Crippen molar-refractivity contribution in [1.29, 1.82) is 0 Å². The van der Waals surface area contributed by atoms with Crippen LogP contribution >= 0.6 is 33.3 Å². The van der Waals surface area contributed by atoms with Gasteiger partial charge in [0.1, 0.15) is 18.1 Å². The number of nitrogens with zero attached hydrogens (tertiary/aromatic N) is 1. The first kappa shape index (κ1) is 27.2. The third kappa shape index (κ3) is 6.63. The van der Waals surface area contributed by atoms with Crippen molar-refractivity contribution >= 4 is 51.1 Å². The average Bonchev–Trinajstić information content (AvgIpc) is 2.79. The van der Waals surface area contributed by atoms with Crippen molar-refractivity contribution < 1.29 is 19.5 Å².